The Morgan fingerprint density at radius 1 is 1.21 bits per heavy atom. The molecule has 1 N–H and O–H groups in total. The summed E-state index contributed by atoms with van der Waals surface area (Å²) in [6.45, 7) is 2.06. The van der Waals surface area contributed by atoms with Crippen LogP contribution in [0.4, 0.5) is 5.82 Å². The van der Waals surface area contributed by atoms with E-state index in [9.17, 15) is 0 Å². The van der Waals surface area contributed by atoms with Crippen LogP contribution in [0.5, 0.6) is 0 Å². The molecule has 2 aromatic rings. The van der Waals surface area contributed by atoms with E-state index in [1.807, 2.05) is 13.1 Å². The number of aryl methyl sites for hydroxylation is 1. The van der Waals surface area contributed by atoms with Crippen molar-refractivity contribution in [2.24, 2.45) is 0 Å². The standard InChI is InChI=1S/C12H11Br3N4/c1-3-8-9(15)11(16-2)19-12(18-8)10-7(14)4-6(13)5-17-10/h4-5H,3H2,1-2H3,(H,16,18,19). The van der Waals surface area contributed by atoms with Crippen molar-refractivity contribution in [2.45, 2.75) is 13.3 Å². The summed E-state index contributed by atoms with van der Waals surface area (Å²) in [4.78, 5) is 13.4. The topological polar surface area (TPSA) is 50.7 Å². The van der Waals surface area contributed by atoms with Crippen molar-refractivity contribution < 1.29 is 0 Å². The maximum Gasteiger partial charge on any atom is 0.181 e. The third-order valence-electron chi connectivity index (χ3n) is 2.51. The van der Waals surface area contributed by atoms with Gasteiger partial charge >= 0.3 is 0 Å². The maximum absolute atomic E-state index is 4.55. The molecule has 7 heteroatoms. The number of nitrogens with zero attached hydrogens (tertiary/aromatic N) is 3. The highest BCUT2D eigenvalue weighted by Crippen LogP contribution is 2.30. The zero-order chi connectivity index (χ0) is 14.0. The number of pyridine rings is 1. The molecule has 0 spiro atoms. The van der Waals surface area contributed by atoms with Crippen LogP contribution in [0, 0.1) is 0 Å². The lowest BCUT2D eigenvalue weighted by Crippen LogP contribution is -2.03. The number of halogens is 3. The maximum atomic E-state index is 4.55. The first-order valence-electron chi connectivity index (χ1n) is 5.62. The van der Waals surface area contributed by atoms with Gasteiger partial charge in [0.05, 0.1) is 10.2 Å². The van der Waals surface area contributed by atoms with Crippen LogP contribution in [0.2, 0.25) is 0 Å². The molecule has 0 saturated heterocycles. The molecule has 2 rings (SSSR count). The van der Waals surface area contributed by atoms with E-state index in [0.29, 0.717) is 5.82 Å². The van der Waals surface area contributed by atoms with Crippen LogP contribution in [0.3, 0.4) is 0 Å². The molecule has 2 heterocycles. The second-order valence-corrected chi connectivity index (χ2v) is 6.31. The van der Waals surface area contributed by atoms with Gasteiger partial charge in [-0.15, -0.1) is 0 Å². The van der Waals surface area contributed by atoms with Gasteiger partial charge in [-0.25, -0.2) is 9.97 Å². The number of hydrogen-bond acceptors (Lipinski definition) is 4. The van der Waals surface area contributed by atoms with Crippen molar-refractivity contribution in [1.82, 2.24) is 15.0 Å². The lowest BCUT2D eigenvalue weighted by atomic mass is 10.3. The molecule has 0 amide bonds. The number of aromatic nitrogens is 3. The summed E-state index contributed by atoms with van der Waals surface area (Å²) in [5.74, 6) is 1.36. The number of nitrogens with one attached hydrogen (secondary N) is 1. The van der Waals surface area contributed by atoms with Gasteiger partial charge in [-0.2, -0.15) is 0 Å². The average molecular weight is 451 g/mol. The third kappa shape index (κ3) is 3.14. The number of hydrogen-bond donors (Lipinski definition) is 1. The zero-order valence-electron chi connectivity index (χ0n) is 10.3. The van der Waals surface area contributed by atoms with E-state index in [-0.39, 0.29) is 0 Å². The fourth-order valence-electron chi connectivity index (χ4n) is 1.58. The second-order valence-electron chi connectivity index (χ2n) is 3.74. The highest BCUT2D eigenvalue weighted by atomic mass is 79.9. The zero-order valence-corrected chi connectivity index (χ0v) is 15.1. The minimum absolute atomic E-state index is 0.601. The normalized spacial score (nSPS) is 10.6. The second kappa shape index (κ2) is 6.28. The predicted octanol–water partition coefficient (Wildman–Crippen LogP) is 4.43. The van der Waals surface area contributed by atoms with E-state index in [2.05, 4.69) is 75.0 Å². The van der Waals surface area contributed by atoms with E-state index < -0.39 is 0 Å². The molecule has 0 aliphatic heterocycles. The minimum Gasteiger partial charge on any atom is -0.372 e. The van der Waals surface area contributed by atoms with Gasteiger partial charge in [-0.3, -0.25) is 4.98 Å². The lowest BCUT2D eigenvalue weighted by molar-refractivity contribution is 0.983. The van der Waals surface area contributed by atoms with Gasteiger partial charge < -0.3 is 5.32 Å². The fourth-order valence-corrected chi connectivity index (χ4v) is 3.40. The summed E-state index contributed by atoms with van der Waals surface area (Å²) >= 11 is 10.4. The average Bonchev–Trinajstić information content (AvgIpc) is 2.39. The van der Waals surface area contributed by atoms with Gasteiger partial charge in [0.15, 0.2) is 5.82 Å². The van der Waals surface area contributed by atoms with Crippen molar-refractivity contribution in [3.63, 3.8) is 0 Å². The first-order chi connectivity index (χ1) is 9.06. The van der Waals surface area contributed by atoms with Gasteiger partial charge in [-0.1, -0.05) is 6.92 Å². The van der Waals surface area contributed by atoms with Gasteiger partial charge in [0.25, 0.3) is 0 Å². The summed E-state index contributed by atoms with van der Waals surface area (Å²) in [5, 5.41) is 3.06. The highest BCUT2D eigenvalue weighted by molar-refractivity contribution is 9.11. The van der Waals surface area contributed by atoms with Crippen LogP contribution < -0.4 is 5.32 Å². The molecule has 0 atom stereocenters. The number of rotatable bonds is 3. The lowest BCUT2D eigenvalue weighted by Gasteiger charge is -2.10. The molecule has 0 aliphatic carbocycles. The molecule has 0 bridgehead atoms. The Hall–Kier alpha value is -0.530. The Kier molecular flexibility index (Phi) is 4.92. The quantitative estimate of drug-likeness (QED) is 0.751. The molecule has 0 unspecified atom stereocenters. The number of anilines is 1. The SMILES string of the molecule is CCc1nc(-c2ncc(Br)cc2Br)nc(NC)c1Br. The van der Waals surface area contributed by atoms with Crippen molar-refractivity contribution in [2.75, 3.05) is 12.4 Å². The fraction of sp³-hybridized carbons (Fsp3) is 0.250. The molecule has 0 fully saturated rings. The van der Waals surface area contributed by atoms with Crippen molar-refractivity contribution in [3.8, 4) is 11.5 Å². The molecule has 2 aromatic heterocycles. The summed E-state index contributed by atoms with van der Waals surface area (Å²) in [6.07, 6.45) is 2.55. The Morgan fingerprint density at radius 3 is 2.53 bits per heavy atom. The summed E-state index contributed by atoms with van der Waals surface area (Å²) in [6, 6.07) is 1.93. The monoisotopic (exact) mass is 448 g/mol. The minimum atomic E-state index is 0.601. The van der Waals surface area contributed by atoms with E-state index >= 15 is 0 Å². The Bertz CT molecular complexity index is 591. The molecule has 0 saturated carbocycles. The van der Waals surface area contributed by atoms with Gasteiger partial charge in [0.1, 0.15) is 11.5 Å². The molecule has 4 nitrogen and oxygen atoms in total. The highest BCUT2D eigenvalue weighted by Gasteiger charge is 2.14. The van der Waals surface area contributed by atoms with Crippen molar-refractivity contribution in [1.29, 1.82) is 0 Å². The Morgan fingerprint density at radius 2 is 1.95 bits per heavy atom. The summed E-state index contributed by atoms with van der Waals surface area (Å²) in [7, 11) is 1.83. The molecule has 0 radical (unpaired) electrons. The Labute approximate surface area is 136 Å². The molecule has 0 aromatic carbocycles. The molecular formula is C12H11Br3N4. The van der Waals surface area contributed by atoms with Crippen LogP contribution in [-0.4, -0.2) is 22.0 Å². The largest absolute Gasteiger partial charge is 0.372 e. The van der Waals surface area contributed by atoms with Crippen LogP contribution in [0.1, 0.15) is 12.6 Å². The molecule has 100 valence electrons. The van der Waals surface area contributed by atoms with E-state index in [4.69, 9.17) is 0 Å². The van der Waals surface area contributed by atoms with Gasteiger partial charge in [-0.05, 0) is 60.3 Å². The summed E-state index contributed by atoms with van der Waals surface area (Å²) < 4.78 is 2.66. The molecular weight excluding hydrogens is 440 g/mol. The van der Waals surface area contributed by atoms with Gasteiger partial charge in [0.2, 0.25) is 0 Å². The van der Waals surface area contributed by atoms with E-state index in [1.165, 1.54) is 0 Å². The van der Waals surface area contributed by atoms with Crippen LogP contribution in [-0.2, 0) is 6.42 Å². The van der Waals surface area contributed by atoms with Crippen molar-refractivity contribution in [3.05, 3.63) is 31.4 Å². The van der Waals surface area contributed by atoms with Crippen molar-refractivity contribution >= 4 is 53.6 Å². The predicted molar refractivity (Wildman–Crippen MR) is 87.3 cm³/mol. The molecule has 0 aliphatic rings. The van der Waals surface area contributed by atoms with Gasteiger partial charge in [0, 0.05) is 22.2 Å². The van der Waals surface area contributed by atoms with Crippen LogP contribution >= 0.6 is 47.8 Å². The van der Waals surface area contributed by atoms with Crippen LogP contribution in [0.25, 0.3) is 11.5 Å². The molecule has 19 heavy (non-hydrogen) atoms. The van der Waals surface area contributed by atoms with Crippen LogP contribution in [0.15, 0.2) is 25.7 Å². The van der Waals surface area contributed by atoms with E-state index in [0.717, 1.165) is 37.0 Å². The van der Waals surface area contributed by atoms with E-state index in [1.54, 1.807) is 6.20 Å². The first-order valence-corrected chi connectivity index (χ1v) is 8.00. The first kappa shape index (κ1) is 14.9. The smallest absolute Gasteiger partial charge is 0.181 e. The Balaban J connectivity index is 2.62. The summed E-state index contributed by atoms with van der Waals surface area (Å²) in [5.41, 5.74) is 1.67. The third-order valence-corrected chi connectivity index (χ3v) is 4.38.